The highest BCUT2D eigenvalue weighted by molar-refractivity contribution is 7.45. The number of alkyl halides is 1. The van der Waals surface area contributed by atoms with Crippen LogP contribution in [0.1, 0.15) is 60.4 Å². The number of hydrogen-bond donors (Lipinski definition) is 3. The summed E-state index contributed by atoms with van der Waals surface area (Å²) in [4.78, 5) is 78.0. The minimum atomic E-state index is -5.00. The maximum atomic E-state index is 16.3. The quantitative estimate of drug-likeness (QED) is 0.176. The van der Waals surface area contributed by atoms with Crippen LogP contribution < -0.4 is 27.4 Å². The Morgan fingerprint density at radius 1 is 1.08 bits per heavy atom. The monoisotopic (exact) mass is 771 g/mol. The number of hydrogen-bond acceptors (Lipinski definition) is 15. The van der Waals surface area contributed by atoms with Crippen LogP contribution in [-0.2, 0) is 37.4 Å². The van der Waals surface area contributed by atoms with Gasteiger partial charge in [0.1, 0.15) is 18.3 Å². The summed E-state index contributed by atoms with van der Waals surface area (Å²) in [6.45, 7) is 9.58. The molecule has 20 nitrogen and oxygen atoms in total. The van der Waals surface area contributed by atoms with Gasteiger partial charge in [-0.2, -0.15) is 4.98 Å². The Kier molecular flexibility index (Phi) is 12.4. The number of H-pyrrole nitrogens is 2. The van der Waals surface area contributed by atoms with Crippen molar-refractivity contribution in [1.82, 2.24) is 34.0 Å². The van der Waals surface area contributed by atoms with Gasteiger partial charge in [0.2, 0.25) is 11.9 Å². The Hall–Kier alpha value is -3.82. The SMILES string of the molecule is COC1C(OP(=O)([O-])OC(C)C)[C@@H](CN(C(=O)CC2C(F)[C@H](n3ccc(=O)[nH]c3=O)O[C@@H]2COC(C)C)C(C)C)O[C@H]1n1cnc2c(=O)[nH]c(N)nc21. The molecule has 3 aromatic rings. The lowest BCUT2D eigenvalue weighted by Crippen LogP contribution is -2.48. The second kappa shape index (κ2) is 16.3. The van der Waals surface area contributed by atoms with Crippen LogP contribution in [0.15, 0.2) is 33.0 Å². The average Bonchev–Trinajstić information content (AvgIpc) is 3.71. The van der Waals surface area contributed by atoms with E-state index in [-0.39, 0.29) is 36.4 Å². The number of phosphoric acid groups is 1. The summed E-state index contributed by atoms with van der Waals surface area (Å²) >= 11 is 0. The third-order valence-corrected chi connectivity index (χ3v) is 9.98. The van der Waals surface area contributed by atoms with Crippen LogP contribution in [-0.4, -0.2) is 109 Å². The Labute approximate surface area is 302 Å². The van der Waals surface area contributed by atoms with Gasteiger partial charge in [-0.15, -0.1) is 0 Å². The van der Waals surface area contributed by atoms with Crippen molar-refractivity contribution in [2.75, 3.05) is 26.0 Å². The van der Waals surface area contributed by atoms with Crippen LogP contribution in [0.3, 0.4) is 0 Å². The van der Waals surface area contributed by atoms with Gasteiger partial charge in [-0.25, -0.2) is 14.2 Å². The lowest BCUT2D eigenvalue weighted by molar-refractivity contribution is -0.236. The molecule has 0 bridgehead atoms. The normalized spacial score (nSPS) is 27.3. The molecule has 0 spiro atoms. The van der Waals surface area contributed by atoms with Gasteiger partial charge in [0.05, 0.1) is 31.2 Å². The van der Waals surface area contributed by atoms with Crippen LogP contribution in [0.5, 0.6) is 0 Å². The van der Waals surface area contributed by atoms with E-state index in [1.165, 1.54) is 36.8 Å². The smallest absolute Gasteiger partial charge is 0.330 e. The van der Waals surface area contributed by atoms with Gasteiger partial charge in [0, 0.05) is 44.3 Å². The van der Waals surface area contributed by atoms with Crippen molar-refractivity contribution in [3.05, 3.63) is 49.8 Å². The van der Waals surface area contributed by atoms with Crippen molar-refractivity contribution < 1.29 is 46.6 Å². The number of nitrogens with one attached hydrogen (secondary N) is 2. The second-order valence-electron chi connectivity index (χ2n) is 13.6. The number of aromatic amines is 2. The van der Waals surface area contributed by atoms with Crippen LogP contribution in [0.25, 0.3) is 11.2 Å². The first-order chi connectivity index (χ1) is 24.9. The third kappa shape index (κ3) is 8.94. The van der Waals surface area contributed by atoms with Gasteiger partial charge in [0.25, 0.3) is 18.9 Å². The molecule has 22 heteroatoms. The van der Waals surface area contributed by atoms with Gasteiger partial charge in [-0.3, -0.25) is 38.1 Å². The third-order valence-electron chi connectivity index (χ3n) is 8.80. The van der Waals surface area contributed by atoms with Crippen molar-refractivity contribution >= 4 is 30.8 Å². The molecular weight excluding hydrogens is 726 g/mol. The summed E-state index contributed by atoms with van der Waals surface area (Å²) in [5.74, 6) is -1.87. The largest absolute Gasteiger partial charge is 0.756 e. The molecule has 3 aromatic heterocycles. The summed E-state index contributed by atoms with van der Waals surface area (Å²) in [5, 5.41) is 0. The van der Waals surface area contributed by atoms with Crippen molar-refractivity contribution in [2.45, 2.75) is 109 Å². The number of imidazole rings is 1. The molecule has 5 heterocycles. The van der Waals surface area contributed by atoms with E-state index in [1.807, 2.05) is 0 Å². The molecule has 294 valence electrons. The Morgan fingerprint density at radius 2 is 1.77 bits per heavy atom. The van der Waals surface area contributed by atoms with E-state index >= 15 is 4.39 Å². The molecule has 9 atom stereocenters. The van der Waals surface area contributed by atoms with E-state index in [1.54, 1.807) is 27.7 Å². The van der Waals surface area contributed by atoms with Gasteiger partial charge in [0.15, 0.2) is 29.8 Å². The number of ether oxygens (including phenoxy) is 4. The first-order valence-corrected chi connectivity index (χ1v) is 18.5. The molecule has 2 aliphatic rings. The van der Waals surface area contributed by atoms with E-state index in [0.29, 0.717) is 0 Å². The second-order valence-corrected chi connectivity index (χ2v) is 14.9. The molecule has 2 fully saturated rings. The van der Waals surface area contributed by atoms with Crippen LogP contribution in [0.2, 0.25) is 0 Å². The molecular formula is C31H45FN8O12P-. The van der Waals surface area contributed by atoms with Gasteiger partial charge < -0.3 is 43.5 Å². The number of amides is 1. The number of anilines is 1. The topological polar surface area (TPSA) is 260 Å². The molecule has 0 saturated carbocycles. The molecule has 5 unspecified atom stereocenters. The number of nitrogen functional groups attached to an aromatic ring is 1. The average molecular weight is 772 g/mol. The van der Waals surface area contributed by atoms with E-state index in [9.17, 15) is 28.6 Å². The number of halogens is 1. The van der Waals surface area contributed by atoms with Gasteiger partial charge in [-0.05, 0) is 41.5 Å². The predicted molar refractivity (Wildman–Crippen MR) is 182 cm³/mol. The number of nitrogens with zero attached hydrogens (tertiary/aromatic N) is 5. The number of rotatable bonds is 15. The lowest BCUT2D eigenvalue weighted by Gasteiger charge is -2.35. The van der Waals surface area contributed by atoms with E-state index in [0.717, 1.165) is 16.8 Å². The molecule has 53 heavy (non-hydrogen) atoms. The van der Waals surface area contributed by atoms with E-state index in [2.05, 4.69) is 19.9 Å². The molecule has 0 aliphatic carbocycles. The zero-order valence-electron chi connectivity index (χ0n) is 30.2. The Bertz CT molecular complexity index is 1980. The maximum Gasteiger partial charge on any atom is 0.330 e. The van der Waals surface area contributed by atoms with Crippen molar-refractivity contribution in [3.63, 3.8) is 0 Å². The fourth-order valence-electron chi connectivity index (χ4n) is 6.44. The Morgan fingerprint density at radius 3 is 2.40 bits per heavy atom. The zero-order valence-corrected chi connectivity index (χ0v) is 31.1. The van der Waals surface area contributed by atoms with E-state index < -0.39 is 98.1 Å². The molecule has 0 radical (unpaired) electrons. The van der Waals surface area contributed by atoms with Crippen molar-refractivity contribution in [3.8, 4) is 0 Å². The number of carbonyl (C=O) groups excluding carboxylic acids is 1. The summed E-state index contributed by atoms with van der Waals surface area (Å²) in [6.07, 6.45) is -8.38. The summed E-state index contributed by atoms with van der Waals surface area (Å²) in [6, 6.07) is 0.523. The molecule has 1 amide bonds. The highest BCUT2D eigenvalue weighted by Crippen LogP contribution is 2.47. The molecule has 0 aromatic carbocycles. The highest BCUT2D eigenvalue weighted by atomic mass is 31.2. The molecule has 2 saturated heterocycles. The predicted octanol–water partition coefficient (Wildman–Crippen LogP) is 0.347. The molecule has 5 rings (SSSR count). The molecule has 4 N–H and O–H groups in total. The van der Waals surface area contributed by atoms with Crippen LogP contribution in [0, 0.1) is 5.92 Å². The number of nitrogens with two attached hydrogens (primary N) is 1. The number of carbonyl (C=O) groups is 1. The number of fused-ring (bicyclic) bond motifs is 1. The molecule has 2 aliphatic heterocycles. The van der Waals surface area contributed by atoms with Gasteiger partial charge >= 0.3 is 5.69 Å². The van der Waals surface area contributed by atoms with E-state index in [4.69, 9.17) is 33.7 Å². The van der Waals surface area contributed by atoms with Crippen LogP contribution >= 0.6 is 7.82 Å². The minimum absolute atomic E-state index is 0.0132. The summed E-state index contributed by atoms with van der Waals surface area (Å²) in [7, 11) is -3.71. The standard InChI is InChI=1S/C31H46FN8O12P/c1-14(2)39(21(42)10-17-19(12-48-15(3)4)50-28(22(17)32)38-9-8-20(41)35-31(38)44)11-18-24(52-53(45,46)51-16(5)6)25(47-7)29(49-18)40-13-34-23-26(40)36-30(33)37-27(23)43/h8-9,13-19,22,24-25,28-29H,10-12H2,1-7H3,(H,45,46)(H,35,41,44)(H3,33,36,37,43)/p-1/t17?,18-,19-,22?,24?,25?,28-,29-/m1/s1. The first kappa shape index (κ1) is 40.4. The number of phosphoric ester groups is 1. The lowest BCUT2D eigenvalue weighted by atomic mass is 9.94. The summed E-state index contributed by atoms with van der Waals surface area (Å²) in [5.41, 5.74) is 3.54. The fourth-order valence-corrected chi connectivity index (χ4v) is 7.56. The summed E-state index contributed by atoms with van der Waals surface area (Å²) < 4.78 is 65.9. The van der Waals surface area contributed by atoms with Crippen LogP contribution in [0.4, 0.5) is 10.3 Å². The number of aromatic nitrogens is 6. The minimum Gasteiger partial charge on any atom is -0.756 e. The van der Waals surface area contributed by atoms with Crippen molar-refractivity contribution in [2.24, 2.45) is 5.92 Å². The first-order valence-electron chi connectivity index (χ1n) is 17.0. The number of methoxy groups -OCH3 is 1. The highest BCUT2D eigenvalue weighted by Gasteiger charge is 2.51. The zero-order chi connectivity index (χ0) is 38.9. The van der Waals surface area contributed by atoms with Crippen molar-refractivity contribution in [1.29, 1.82) is 0 Å². The fraction of sp³-hybridized carbons (Fsp3) is 0.677. The van der Waals surface area contributed by atoms with Gasteiger partial charge in [-0.1, -0.05) is 0 Å². The maximum absolute atomic E-state index is 16.3. The Balaban J connectivity index is 1.46.